The molecule has 2 aromatic rings. The van der Waals surface area contributed by atoms with Crippen LogP contribution in [0, 0.1) is 5.82 Å². The van der Waals surface area contributed by atoms with Gasteiger partial charge in [0.1, 0.15) is 17.3 Å². The van der Waals surface area contributed by atoms with Crippen LogP contribution >= 0.6 is 11.8 Å². The Balaban J connectivity index is 1.60. The van der Waals surface area contributed by atoms with Crippen molar-refractivity contribution in [2.45, 2.75) is 19.8 Å². The molecule has 5 nitrogen and oxygen atoms in total. The van der Waals surface area contributed by atoms with E-state index in [9.17, 15) is 9.18 Å². The number of benzene rings is 1. The minimum Gasteiger partial charge on any atom is -0.441 e. The van der Waals surface area contributed by atoms with E-state index in [-0.39, 0.29) is 11.6 Å². The molecule has 3 heterocycles. The van der Waals surface area contributed by atoms with Crippen LogP contribution in [0.2, 0.25) is 0 Å². The Morgan fingerprint density at radius 2 is 2.00 bits per heavy atom. The van der Waals surface area contributed by atoms with E-state index in [0.29, 0.717) is 22.4 Å². The number of halogens is 1. The minimum atomic E-state index is -0.409. The van der Waals surface area contributed by atoms with Crippen molar-refractivity contribution in [1.29, 1.82) is 0 Å². The van der Waals surface area contributed by atoms with E-state index >= 15 is 0 Å². The molecule has 0 atom stereocenters. The van der Waals surface area contributed by atoms with E-state index in [1.165, 1.54) is 30.7 Å². The molecular weight excluding hydrogens is 365 g/mol. The highest BCUT2D eigenvalue weighted by molar-refractivity contribution is 8.18. The molecule has 2 aliphatic rings. The normalized spacial score (nSPS) is 20.4. The summed E-state index contributed by atoms with van der Waals surface area (Å²) < 4.78 is 19.8. The zero-order chi connectivity index (χ0) is 18.8. The van der Waals surface area contributed by atoms with Gasteiger partial charge in [-0.1, -0.05) is 12.1 Å². The van der Waals surface area contributed by atoms with Crippen LogP contribution in [0.15, 0.2) is 50.7 Å². The van der Waals surface area contributed by atoms with Crippen molar-refractivity contribution >= 4 is 40.5 Å². The molecule has 2 saturated heterocycles. The van der Waals surface area contributed by atoms with Crippen LogP contribution in [-0.4, -0.2) is 35.6 Å². The van der Waals surface area contributed by atoms with E-state index in [4.69, 9.17) is 4.42 Å². The molecule has 2 aliphatic heterocycles. The third kappa shape index (κ3) is 3.64. The molecule has 0 aliphatic carbocycles. The zero-order valence-electron chi connectivity index (χ0n) is 15.0. The highest BCUT2D eigenvalue weighted by Crippen LogP contribution is 2.35. The number of amidine groups is 1. The van der Waals surface area contributed by atoms with Gasteiger partial charge in [-0.25, -0.2) is 9.38 Å². The Kier molecular flexibility index (Phi) is 5.03. The highest BCUT2D eigenvalue weighted by Gasteiger charge is 2.32. The number of amides is 1. The number of nitrogens with zero attached hydrogens (tertiary/aromatic N) is 3. The lowest BCUT2D eigenvalue weighted by atomic mass is 10.3. The summed E-state index contributed by atoms with van der Waals surface area (Å²) in [5.41, 5.74) is 0.224. The number of furan rings is 1. The summed E-state index contributed by atoms with van der Waals surface area (Å²) in [4.78, 5) is 21.3. The van der Waals surface area contributed by atoms with Crippen molar-refractivity contribution < 1.29 is 13.6 Å². The van der Waals surface area contributed by atoms with E-state index in [2.05, 4.69) is 9.89 Å². The molecule has 0 unspecified atom stereocenters. The number of hydrogen-bond donors (Lipinski definition) is 0. The number of para-hydroxylation sites is 1. The minimum absolute atomic E-state index is 0.142. The van der Waals surface area contributed by atoms with Crippen LogP contribution in [0.3, 0.4) is 0 Å². The smallest absolute Gasteiger partial charge is 0.266 e. The van der Waals surface area contributed by atoms with E-state index in [1.807, 2.05) is 19.1 Å². The fourth-order valence-electron chi connectivity index (χ4n) is 3.17. The first kappa shape index (κ1) is 17.9. The van der Waals surface area contributed by atoms with Gasteiger partial charge in [-0.05, 0) is 49.7 Å². The summed E-state index contributed by atoms with van der Waals surface area (Å²) in [6.07, 6.45) is 4.08. The van der Waals surface area contributed by atoms with Crippen molar-refractivity contribution in [3.63, 3.8) is 0 Å². The molecule has 2 fully saturated rings. The van der Waals surface area contributed by atoms with E-state index < -0.39 is 5.82 Å². The molecule has 1 aromatic carbocycles. The monoisotopic (exact) mass is 385 g/mol. The van der Waals surface area contributed by atoms with Crippen molar-refractivity contribution in [3.05, 3.63) is 52.9 Å². The van der Waals surface area contributed by atoms with Crippen molar-refractivity contribution in [2.24, 2.45) is 4.99 Å². The van der Waals surface area contributed by atoms with Gasteiger partial charge >= 0.3 is 0 Å². The van der Waals surface area contributed by atoms with Gasteiger partial charge in [0.25, 0.3) is 5.91 Å². The maximum atomic E-state index is 13.9. The second-order valence-corrected chi connectivity index (χ2v) is 7.39. The van der Waals surface area contributed by atoms with Gasteiger partial charge in [0, 0.05) is 31.8 Å². The number of hydrogen-bond acceptors (Lipinski definition) is 5. The molecule has 1 aromatic heterocycles. The molecule has 7 heteroatoms. The second-order valence-electron chi connectivity index (χ2n) is 6.38. The number of rotatable bonds is 4. The summed E-state index contributed by atoms with van der Waals surface area (Å²) in [7, 11) is 0. The molecular formula is C20H20FN3O2S. The molecule has 1 amide bonds. The third-order valence-corrected chi connectivity index (χ3v) is 5.58. The van der Waals surface area contributed by atoms with Crippen LogP contribution < -0.4 is 4.90 Å². The number of anilines is 1. The number of carbonyl (C=O) groups is 1. The first-order valence-corrected chi connectivity index (χ1v) is 9.87. The topological polar surface area (TPSA) is 49.1 Å². The number of thioether (sulfide) groups is 1. The van der Waals surface area contributed by atoms with Crippen LogP contribution in [0.25, 0.3) is 6.08 Å². The molecule has 0 radical (unpaired) electrons. The Morgan fingerprint density at radius 3 is 2.74 bits per heavy atom. The van der Waals surface area contributed by atoms with Gasteiger partial charge in [0.05, 0.1) is 4.91 Å². The lowest BCUT2D eigenvalue weighted by molar-refractivity contribution is -0.122. The quantitative estimate of drug-likeness (QED) is 0.719. The predicted octanol–water partition coefficient (Wildman–Crippen LogP) is 4.64. The average Bonchev–Trinajstić information content (AvgIpc) is 3.39. The fraction of sp³-hybridized carbons (Fsp3) is 0.300. The lowest BCUT2D eigenvalue weighted by Gasteiger charge is -2.12. The third-order valence-electron chi connectivity index (χ3n) is 4.58. The van der Waals surface area contributed by atoms with Crippen molar-refractivity contribution in [1.82, 2.24) is 4.90 Å². The SMILES string of the molecule is CCN1C(=O)/C(=C\c2ccc(N3CCCC3)o2)SC1=Nc1ccccc1F. The molecule has 0 saturated carbocycles. The Bertz CT molecular complexity index is 915. The van der Waals surface area contributed by atoms with Crippen molar-refractivity contribution in [3.8, 4) is 0 Å². The van der Waals surface area contributed by atoms with Crippen LogP contribution in [0.4, 0.5) is 16.0 Å². The molecule has 0 spiro atoms. The Labute approximate surface area is 161 Å². The van der Waals surface area contributed by atoms with Crippen LogP contribution in [0.5, 0.6) is 0 Å². The summed E-state index contributed by atoms with van der Waals surface area (Å²) in [6, 6.07) is 10.1. The van der Waals surface area contributed by atoms with Crippen molar-refractivity contribution in [2.75, 3.05) is 24.5 Å². The molecule has 27 heavy (non-hydrogen) atoms. The van der Waals surface area contributed by atoms with Gasteiger partial charge in [-0.15, -0.1) is 0 Å². The summed E-state index contributed by atoms with van der Waals surface area (Å²) in [6.45, 7) is 4.34. The first-order chi connectivity index (χ1) is 13.2. The van der Waals surface area contributed by atoms with Crippen LogP contribution in [0.1, 0.15) is 25.5 Å². The maximum Gasteiger partial charge on any atom is 0.266 e. The van der Waals surface area contributed by atoms with E-state index in [0.717, 1.165) is 19.0 Å². The fourth-order valence-corrected chi connectivity index (χ4v) is 4.21. The molecule has 0 N–H and O–H groups in total. The molecule has 0 bridgehead atoms. The molecule has 140 valence electrons. The number of carbonyl (C=O) groups excluding carboxylic acids is 1. The molecule has 4 rings (SSSR count). The maximum absolute atomic E-state index is 13.9. The van der Waals surface area contributed by atoms with E-state index in [1.54, 1.807) is 29.2 Å². The Morgan fingerprint density at radius 1 is 1.22 bits per heavy atom. The Hall–Kier alpha value is -2.54. The summed E-state index contributed by atoms with van der Waals surface area (Å²) in [5, 5.41) is 0.477. The van der Waals surface area contributed by atoms with Gasteiger partial charge in [0.15, 0.2) is 11.1 Å². The average molecular weight is 385 g/mol. The second kappa shape index (κ2) is 7.60. The van der Waals surface area contributed by atoms with Gasteiger partial charge < -0.3 is 9.32 Å². The lowest BCUT2D eigenvalue weighted by Crippen LogP contribution is -2.28. The summed E-state index contributed by atoms with van der Waals surface area (Å²) in [5.74, 6) is 0.919. The van der Waals surface area contributed by atoms with Crippen LogP contribution in [-0.2, 0) is 4.79 Å². The largest absolute Gasteiger partial charge is 0.441 e. The number of aliphatic imine (C=N–C) groups is 1. The van der Waals surface area contributed by atoms with Gasteiger partial charge in [0.2, 0.25) is 0 Å². The van der Waals surface area contributed by atoms with Gasteiger partial charge in [-0.3, -0.25) is 9.69 Å². The first-order valence-electron chi connectivity index (χ1n) is 9.05. The standard InChI is InChI=1S/C20H20FN3O2S/c1-2-24-19(25)17(27-20(24)22-16-8-4-3-7-15(16)21)13-14-9-10-18(26-14)23-11-5-6-12-23/h3-4,7-10,13H,2,5-6,11-12H2,1H3/b17-13+,22-20?. The van der Waals surface area contributed by atoms with Gasteiger partial charge in [-0.2, -0.15) is 0 Å². The zero-order valence-corrected chi connectivity index (χ0v) is 15.8. The number of likely N-dealkylation sites (N-methyl/N-ethyl adjacent to an activating group) is 1. The highest BCUT2D eigenvalue weighted by atomic mass is 32.2. The predicted molar refractivity (Wildman–Crippen MR) is 107 cm³/mol. The summed E-state index contributed by atoms with van der Waals surface area (Å²) >= 11 is 1.24.